The molecule has 0 aromatic carbocycles. The van der Waals surface area contributed by atoms with Crippen molar-refractivity contribution < 1.29 is 10.2 Å². The maximum absolute atomic E-state index is 9.49. The van der Waals surface area contributed by atoms with Gasteiger partial charge in [0, 0.05) is 6.54 Å². The first-order chi connectivity index (χ1) is 8.72. The average Bonchev–Trinajstić information content (AvgIpc) is 2.63. The van der Waals surface area contributed by atoms with Crippen LogP contribution >= 0.6 is 0 Å². The van der Waals surface area contributed by atoms with E-state index in [9.17, 15) is 10.2 Å². The van der Waals surface area contributed by atoms with E-state index >= 15 is 0 Å². The summed E-state index contributed by atoms with van der Waals surface area (Å²) in [5.41, 5.74) is 1.73. The molecular weight excluding hydrogens is 228 g/mol. The number of anilines is 1. The minimum atomic E-state index is -0.531. The number of hydrogen-bond acceptors (Lipinski definition) is 4. The van der Waals surface area contributed by atoms with Gasteiger partial charge in [0.15, 0.2) is 0 Å². The van der Waals surface area contributed by atoms with Crippen LogP contribution in [0.5, 0.6) is 0 Å². The number of aliphatic hydroxyl groups is 2. The minimum Gasteiger partial charge on any atom is -0.394 e. The molecule has 0 saturated carbocycles. The van der Waals surface area contributed by atoms with Gasteiger partial charge in [-0.1, -0.05) is 12.8 Å². The van der Waals surface area contributed by atoms with Crippen LogP contribution in [0.25, 0.3) is 0 Å². The van der Waals surface area contributed by atoms with Crippen molar-refractivity contribution in [2.24, 2.45) is 0 Å². The molecule has 0 radical (unpaired) electrons. The van der Waals surface area contributed by atoms with Gasteiger partial charge in [0.25, 0.3) is 0 Å². The van der Waals surface area contributed by atoms with E-state index in [1.54, 1.807) is 13.1 Å². The van der Waals surface area contributed by atoms with Crippen LogP contribution in [0, 0.1) is 0 Å². The molecule has 2 heterocycles. The van der Waals surface area contributed by atoms with Crippen LogP contribution in [0.2, 0.25) is 0 Å². The Kier molecular flexibility index (Phi) is 4.55. The van der Waals surface area contributed by atoms with Gasteiger partial charge >= 0.3 is 0 Å². The summed E-state index contributed by atoms with van der Waals surface area (Å²) in [5, 5.41) is 18.9. The highest BCUT2D eigenvalue weighted by atomic mass is 16.3. The first-order valence-corrected chi connectivity index (χ1v) is 6.74. The van der Waals surface area contributed by atoms with Gasteiger partial charge in [0.2, 0.25) is 0 Å². The van der Waals surface area contributed by atoms with Gasteiger partial charge in [-0.25, -0.2) is 0 Å². The summed E-state index contributed by atoms with van der Waals surface area (Å²) < 4.78 is 0. The van der Waals surface area contributed by atoms with Gasteiger partial charge in [-0.2, -0.15) is 0 Å². The van der Waals surface area contributed by atoms with E-state index in [0.717, 1.165) is 25.1 Å². The Morgan fingerprint density at radius 2 is 2.22 bits per heavy atom. The van der Waals surface area contributed by atoms with E-state index in [1.165, 1.54) is 12.8 Å². The molecule has 1 fully saturated rings. The SMILES string of the molecule is C[C@@H](O)c1ccc(N2CCCCCC2CO)cn1. The molecule has 0 spiro atoms. The third-order valence-electron chi connectivity index (χ3n) is 3.62. The Hall–Kier alpha value is -1.13. The summed E-state index contributed by atoms with van der Waals surface area (Å²) in [6.45, 7) is 2.88. The zero-order chi connectivity index (χ0) is 13.0. The van der Waals surface area contributed by atoms with Crippen LogP contribution in [0.1, 0.15) is 44.4 Å². The van der Waals surface area contributed by atoms with E-state index in [-0.39, 0.29) is 12.6 Å². The highest BCUT2D eigenvalue weighted by Crippen LogP contribution is 2.24. The second-order valence-corrected chi connectivity index (χ2v) is 5.00. The number of aromatic nitrogens is 1. The zero-order valence-corrected chi connectivity index (χ0v) is 10.9. The lowest BCUT2D eigenvalue weighted by atomic mass is 10.1. The molecule has 1 aliphatic rings. The largest absolute Gasteiger partial charge is 0.394 e. The van der Waals surface area contributed by atoms with Crippen LogP contribution < -0.4 is 4.90 Å². The summed E-state index contributed by atoms with van der Waals surface area (Å²) in [6.07, 6.45) is 5.88. The molecule has 2 atom stereocenters. The average molecular weight is 250 g/mol. The molecule has 0 bridgehead atoms. The van der Waals surface area contributed by atoms with Gasteiger partial charge in [0.1, 0.15) is 0 Å². The summed E-state index contributed by atoms with van der Waals surface area (Å²) in [7, 11) is 0. The highest BCUT2D eigenvalue weighted by molar-refractivity contribution is 5.46. The molecule has 100 valence electrons. The fraction of sp³-hybridized carbons (Fsp3) is 0.643. The number of nitrogens with zero attached hydrogens (tertiary/aromatic N) is 2. The second kappa shape index (κ2) is 6.16. The zero-order valence-electron chi connectivity index (χ0n) is 10.9. The summed E-state index contributed by atoms with van der Waals surface area (Å²) >= 11 is 0. The molecule has 4 nitrogen and oxygen atoms in total. The molecule has 1 saturated heterocycles. The Morgan fingerprint density at radius 1 is 1.39 bits per heavy atom. The predicted octanol–water partition coefficient (Wildman–Crippen LogP) is 1.88. The second-order valence-electron chi connectivity index (χ2n) is 5.00. The molecule has 1 aromatic rings. The Morgan fingerprint density at radius 3 is 2.83 bits per heavy atom. The lowest BCUT2D eigenvalue weighted by Gasteiger charge is -2.30. The quantitative estimate of drug-likeness (QED) is 0.860. The van der Waals surface area contributed by atoms with Crippen LogP contribution in [0.4, 0.5) is 5.69 Å². The van der Waals surface area contributed by atoms with Crippen LogP contribution in [0.15, 0.2) is 18.3 Å². The van der Waals surface area contributed by atoms with E-state index in [0.29, 0.717) is 5.69 Å². The summed E-state index contributed by atoms with van der Waals surface area (Å²) in [4.78, 5) is 6.52. The topological polar surface area (TPSA) is 56.6 Å². The monoisotopic (exact) mass is 250 g/mol. The van der Waals surface area contributed by atoms with Gasteiger partial charge in [-0.05, 0) is 31.9 Å². The third kappa shape index (κ3) is 3.00. The highest BCUT2D eigenvalue weighted by Gasteiger charge is 2.20. The molecule has 0 aliphatic carbocycles. The number of hydrogen-bond donors (Lipinski definition) is 2. The maximum atomic E-state index is 9.49. The van der Waals surface area contributed by atoms with Crippen molar-refractivity contribution >= 4 is 5.69 Å². The lowest BCUT2D eigenvalue weighted by Crippen LogP contribution is -2.37. The fourth-order valence-electron chi connectivity index (χ4n) is 2.52. The Balaban J connectivity index is 2.16. The standard InChI is InChI=1S/C14H22N2O2/c1-11(18)14-7-6-12(9-15-14)16-8-4-2-3-5-13(16)10-17/h6-7,9,11,13,17-18H,2-5,8,10H2,1H3/t11-,13?/m1/s1. The van der Waals surface area contributed by atoms with Crippen molar-refractivity contribution in [2.45, 2.75) is 44.8 Å². The van der Waals surface area contributed by atoms with Crippen molar-refractivity contribution in [3.63, 3.8) is 0 Å². The third-order valence-corrected chi connectivity index (χ3v) is 3.62. The van der Waals surface area contributed by atoms with Crippen LogP contribution in [-0.4, -0.2) is 34.4 Å². The predicted molar refractivity (Wildman–Crippen MR) is 71.6 cm³/mol. The number of aliphatic hydroxyl groups excluding tert-OH is 2. The van der Waals surface area contributed by atoms with Crippen molar-refractivity contribution in [2.75, 3.05) is 18.1 Å². The first kappa shape index (κ1) is 13.3. The molecule has 1 unspecified atom stereocenters. The Bertz CT molecular complexity index is 365. The summed E-state index contributed by atoms with van der Waals surface area (Å²) in [5.74, 6) is 0. The van der Waals surface area contributed by atoms with E-state index < -0.39 is 6.10 Å². The van der Waals surface area contributed by atoms with E-state index in [2.05, 4.69) is 9.88 Å². The normalized spacial score (nSPS) is 22.6. The van der Waals surface area contributed by atoms with Gasteiger partial charge < -0.3 is 15.1 Å². The molecule has 0 amide bonds. The molecule has 4 heteroatoms. The minimum absolute atomic E-state index is 0.193. The smallest absolute Gasteiger partial charge is 0.0931 e. The van der Waals surface area contributed by atoms with Crippen LogP contribution in [0.3, 0.4) is 0 Å². The van der Waals surface area contributed by atoms with E-state index in [1.807, 2.05) is 12.1 Å². The van der Waals surface area contributed by atoms with E-state index in [4.69, 9.17) is 0 Å². The molecule has 2 rings (SSSR count). The number of pyridine rings is 1. The van der Waals surface area contributed by atoms with Crippen molar-refractivity contribution in [1.82, 2.24) is 4.98 Å². The molecule has 2 N–H and O–H groups in total. The van der Waals surface area contributed by atoms with Crippen molar-refractivity contribution in [1.29, 1.82) is 0 Å². The summed E-state index contributed by atoms with van der Waals surface area (Å²) in [6, 6.07) is 4.05. The lowest BCUT2D eigenvalue weighted by molar-refractivity contribution is 0.194. The fourth-order valence-corrected chi connectivity index (χ4v) is 2.52. The molecular formula is C14H22N2O2. The van der Waals surface area contributed by atoms with Gasteiger partial charge in [0.05, 0.1) is 36.3 Å². The van der Waals surface area contributed by atoms with Crippen molar-refractivity contribution in [3.8, 4) is 0 Å². The molecule has 18 heavy (non-hydrogen) atoms. The molecule has 1 aliphatic heterocycles. The van der Waals surface area contributed by atoms with Gasteiger partial charge in [-0.3, -0.25) is 4.98 Å². The Labute approximate surface area is 108 Å². The molecule has 1 aromatic heterocycles. The first-order valence-electron chi connectivity index (χ1n) is 6.74. The van der Waals surface area contributed by atoms with Gasteiger partial charge in [-0.15, -0.1) is 0 Å². The number of rotatable bonds is 3. The van der Waals surface area contributed by atoms with Crippen LogP contribution in [-0.2, 0) is 0 Å². The maximum Gasteiger partial charge on any atom is 0.0931 e. The van der Waals surface area contributed by atoms with Crippen molar-refractivity contribution in [3.05, 3.63) is 24.0 Å².